The average molecular weight is 497 g/mol. The van der Waals surface area contributed by atoms with Gasteiger partial charge in [-0.2, -0.15) is 0 Å². The molecule has 4 nitrogen and oxygen atoms in total. The van der Waals surface area contributed by atoms with Gasteiger partial charge in [-0.25, -0.2) is 0 Å². The molecule has 1 aliphatic rings. The van der Waals surface area contributed by atoms with Crippen molar-refractivity contribution in [1.82, 2.24) is 0 Å². The minimum atomic E-state index is -0.162. The SMILES string of the molecule is CC(C)(C)c1ccc(Nc2cccc3c2C(=O)c2cccc(Nc4ccc5ccccc5c4)c2C3=O)cc1. The Labute approximate surface area is 222 Å². The zero-order valence-electron chi connectivity index (χ0n) is 21.6. The van der Waals surface area contributed by atoms with Gasteiger partial charge in [0.15, 0.2) is 11.6 Å². The summed E-state index contributed by atoms with van der Waals surface area (Å²) in [6, 6.07) is 33.2. The van der Waals surface area contributed by atoms with Crippen LogP contribution in [0.25, 0.3) is 10.8 Å². The second-order valence-electron chi connectivity index (χ2n) is 10.8. The van der Waals surface area contributed by atoms with E-state index in [4.69, 9.17) is 0 Å². The molecule has 0 atom stereocenters. The number of fused-ring (bicyclic) bond motifs is 3. The Balaban J connectivity index is 1.36. The van der Waals surface area contributed by atoms with Gasteiger partial charge in [0.05, 0.1) is 22.5 Å². The first-order chi connectivity index (χ1) is 18.3. The summed E-state index contributed by atoms with van der Waals surface area (Å²) in [6.07, 6.45) is 0. The molecule has 5 aromatic carbocycles. The van der Waals surface area contributed by atoms with Gasteiger partial charge in [-0.1, -0.05) is 87.5 Å². The Morgan fingerprint density at radius 3 is 1.63 bits per heavy atom. The number of benzene rings is 5. The molecular weight excluding hydrogens is 468 g/mol. The van der Waals surface area contributed by atoms with Crippen LogP contribution in [0.15, 0.2) is 103 Å². The normalized spacial score (nSPS) is 12.7. The molecule has 0 amide bonds. The minimum Gasteiger partial charge on any atom is -0.355 e. The molecular formula is C34H28N2O2. The fraction of sp³-hybridized carbons (Fsp3) is 0.118. The third-order valence-electron chi connectivity index (χ3n) is 7.13. The van der Waals surface area contributed by atoms with E-state index in [0.717, 1.165) is 22.1 Å². The first kappa shape index (κ1) is 23.7. The van der Waals surface area contributed by atoms with Crippen LogP contribution in [0.3, 0.4) is 0 Å². The molecule has 0 bridgehead atoms. The fourth-order valence-corrected chi connectivity index (χ4v) is 5.08. The summed E-state index contributed by atoms with van der Waals surface area (Å²) in [5, 5.41) is 9.00. The molecule has 0 saturated heterocycles. The number of anilines is 4. The molecule has 4 heteroatoms. The van der Waals surface area contributed by atoms with Gasteiger partial charge >= 0.3 is 0 Å². The third-order valence-corrected chi connectivity index (χ3v) is 7.13. The summed E-state index contributed by atoms with van der Waals surface area (Å²) >= 11 is 0. The molecule has 0 spiro atoms. The van der Waals surface area contributed by atoms with Crippen molar-refractivity contribution in [3.8, 4) is 0 Å². The molecule has 0 radical (unpaired) electrons. The highest BCUT2D eigenvalue weighted by Crippen LogP contribution is 2.37. The van der Waals surface area contributed by atoms with Gasteiger partial charge in [0.1, 0.15) is 0 Å². The molecule has 0 aromatic heterocycles. The molecule has 0 aliphatic heterocycles. The van der Waals surface area contributed by atoms with Crippen molar-refractivity contribution in [2.75, 3.05) is 10.6 Å². The van der Waals surface area contributed by atoms with Crippen molar-refractivity contribution in [2.45, 2.75) is 26.2 Å². The maximum Gasteiger partial charge on any atom is 0.196 e. The molecule has 2 N–H and O–H groups in total. The van der Waals surface area contributed by atoms with Crippen molar-refractivity contribution in [2.24, 2.45) is 0 Å². The quantitative estimate of drug-likeness (QED) is 0.257. The van der Waals surface area contributed by atoms with Crippen LogP contribution in [0.5, 0.6) is 0 Å². The summed E-state index contributed by atoms with van der Waals surface area (Å²) in [6.45, 7) is 6.52. The van der Waals surface area contributed by atoms with Crippen LogP contribution < -0.4 is 10.6 Å². The molecule has 1 aliphatic carbocycles. The van der Waals surface area contributed by atoms with Gasteiger partial charge < -0.3 is 10.6 Å². The van der Waals surface area contributed by atoms with Crippen LogP contribution in [0.2, 0.25) is 0 Å². The predicted octanol–water partition coefficient (Wildman–Crippen LogP) is 8.40. The maximum atomic E-state index is 13.8. The van der Waals surface area contributed by atoms with E-state index in [9.17, 15) is 9.59 Å². The van der Waals surface area contributed by atoms with Crippen molar-refractivity contribution in [3.05, 3.63) is 131 Å². The van der Waals surface area contributed by atoms with E-state index in [2.05, 4.69) is 55.7 Å². The standard InChI is InChI=1S/C34H28N2O2/c1-34(2,3)23-15-18-24(19-16-23)35-28-12-6-10-26-30(28)32(37)27-11-7-13-29(31(27)33(26)38)36-25-17-14-21-8-4-5-9-22(21)20-25/h4-20,35-36H,1-3H3. The van der Waals surface area contributed by atoms with Crippen LogP contribution in [-0.2, 0) is 5.41 Å². The van der Waals surface area contributed by atoms with Crippen LogP contribution in [0.1, 0.15) is 58.2 Å². The van der Waals surface area contributed by atoms with Gasteiger partial charge in [-0.15, -0.1) is 0 Å². The average Bonchev–Trinajstić information content (AvgIpc) is 2.91. The Kier molecular flexibility index (Phi) is 5.61. The zero-order valence-corrected chi connectivity index (χ0v) is 21.6. The summed E-state index contributed by atoms with van der Waals surface area (Å²) < 4.78 is 0. The molecule has 0 heterocycles. The van der Waals surface area contributed by atoms with E-state index >= 15 is 0 Å². The highest BCUT2D eigenvalue weighted by molar-refractivity contribution is 6.32. The summed E-state index contributed by atoms with van der Waals surface area (Å²) in [5.41, 5.74) is 5.89. The fourth-order valence-electron chi connectivity index (χ4n) is 5.08. The van der Waals surface area contributed by atoms with Crippen molar-refractivity contribution < 1.29 is 9.59 Å². The predicted molar refractivity (Wildman–Crippen MR) is 155 cm³/mol. The zero-order chi connectivity index (χ0) is 26.4. The van der Waals surface area contributed by atoms with Crippen molar-refractivity contribution in [3.63, 3.8) is 0 Å². The second kappa shape index (κ2) is 9.00. The molecule has 38 heavy (non-hydrogen) atoms. The van der Waals surface area contributed by atoms with Crippen molar-refractivity contribution in [1.29, 1.82) is 0 Å². The van der Waals surface area contributed by atoms with Crippen LogP contribution in [0.4, 0.5) is 22.7 Å². The number of hydrogen-bond donors (Lipinski definition) is 2. The first-order valence-electron chi connectivity index (χ1n) is 12.8. The smallest absolute Gasteiger partial charge is 0.196 e. The Morgan fingerprint density at radius 2 is 1.05 bits per heavy atom. The van der Waals surface area contributed by atoms with E-state index in [-0.39, 0.29) is 17.0 Å². The van der Waals surface area contributed by atoms with E-state index in [1.807, 2.05) is 66.7 Å². The van der Waals surface area contributed by atoms with Gasteiger partial charge in [-0.3, -0.25) is 9.59 Å². The summed E-state index contributed by atoms with van der Waals surface area (Å²) in [5.74, 6) is -0.323. The molecule has 6 rings (SSSR count). The lowest BCUT2D eigenvalue weighted by Crippen LogP contribution is -2.23. The van der Waals surface area contributed by atoms with Crippen molar-refractivity contribution >= 4 is 45.1 Å². The monoisotopic (exact) mass is 496 g/mol. The summed E-state index contributed by atoms with van der Waals surface area (Å²) in [4.78, 5) is 27.6. The molecule has 5 aromatic rings. The highest BCUT2D eigenvalue weighted by Gasteiger charge is 2.33. The van der Waals surface area contributed by atoms with E-state index in [1.54, 1.807) is 12.1 Å². The molecule has 186 valence electrons. The van der Waals surface area contributed by atoms with Crippen LogP contribution >= 0.6 is 0 Å². The number of carbonyl (C=O) groups excluding carboxylic acids is 2. The summed E-state index contributed by atoms with van der Waals surface area (Å²) in [7, 11) is 0. The number of carbonyl (C=O) groups is 2. The molecule has 0 fully saturated rings. The second-order valence-corrected chi connectivity index (χ2v) is 10.8. The topological polar surface area (TPSA) is 58.2 Å². The maximum absolute atomic E-state index is 13.8. The number of rotatable bonds is 4. The minimum absolute atomic E-state index is 0.0507. The largest absolute Gasteiger partial charge is 0.355 e. The lowest BCUT2D eigenvalue weighted by atomic mass is 9.82. The number of nitrogens with one attached hydrogen (secondary N) is 2. The van der Waals surface area contributed by atoms with Gasteiger partial charge in [-0.05, 0) is 58.1 Å². The third kappa shape index (κ3) is 4.14. The highest BCUT2D eigenvalue weighted by atomic mass is 16.1. The van der Waals surface area contributed by atoms with E-state index in [0.29, 0.717) is 33.6 Å². The molecule has 0 saturated carbocycles. The number of hydrogen-bond acceptors (Lipinski definition) is 4. The Hall–Kier alpha value is -4.70. The van der Waals surface area contributed by atoms with Gasteiger partial charge in [0.25, 0.3) is 0 Å². The molecule has 0 unspecified atom stereocenters. The van der Waals surface area contributed by atoms with E-state index in [1.165, 1.54) is 5.56 Å². The Bertz CT molecular complexity index is 1730. The van der Waals surface area contributed by atoms with Crippen LogP contribution in [0, 0.1) is 0 Å². The Morgan fingerprint density at radius 1 is 0.526 bits per heavy atom. The lowest BCUT2D eigenvalue weighted by molar-refractivity contribution is 0.0980. The van der Waals surface area contributed by atoms with Gasteiger partial charge in [0.2, 0.25) is 0 Å². The van der Waals surface area contributed by atoms with Crippen LogP contribution in [-0.4, -0.2) is 11.6 Å². The first-order valence-corrected chi connectivity index (χ1v) is 12.8. The van der Waals surface area contributed by atoms with E-state index < -0.39 is 0 Å². The van der Waals surface area contributed by atoms with Gasteiger partial charge in [0, 0.05) is 22.5 Å². The lowest BCUT2D eigenvalue weighted by Gasteiger charge is -2.23. The number of ketones is 2.